The molecule has 24 heavy (non-hydrogen) atoms. The van der Waals surface area contributed by atoms with E-state index in [0.29, 0.717) is 18.3 Å². The van der Waals surface area contributed by atoms with Crippen molar-refractivity contribution < 1.29 is 4.79 Å². The molecule has 1 unspecified atom stereocenters. The van der Waals surface area contributed by atoms with Gasteiger partial charge in [0.1, 0.15) is 5.69 Å². The summed E-state index contributed by atoms with van der Waals surface area (Å²) in [5.41, 5.74) is 2.79. The Labute approximate surface area is 148 Å². The summed E-state index contributed by atoms with van der Waals surface area (Å²) in [4.78, 5) is 12.1. The first-order valence-electron chi connectivity index (χ1n) is 8.27. The highest BCUT2D eigenvalue weighted by atomic mass is 35.5. The SMILES string of the molecule is Cc1[nH]ncc1CCCNC(=O)c1ccn(C2CCCNC2)n1.Cl. The van der Waals surface area contributed by atoms with E-state index < -0.39 is 0 Å². The van der Waals surface area contributed by atoms with E-state index in [2.05, 4.69) is 25.9 Å². The number of carbonyl (C=O) groups excluding carboxylic acids is 1. The van der Waals surface area contributed by atoms with Crippen molar-refractivity contribution in [2.75, 3.05) is 19.6 Å². The molecule has 0 radical (unpaired) electrons. The molecule has 1 amide bonds. The highest BCUT2D eigenvalue weighted by molar-refractivity contribution is 5.92. The van der Waals surface area contributed by atoms with Gasteiger partial charge in [-0.25, -0.2) is 0 Å². The van der Waals surface area contributed by atoms with Gasteiger partial charge < -0.3 is 10.6 Å². The van der Waals surface area contributed by atoms with Gasteiger partial charge >= 0.3 is 0 Å². The molecule has 1 atom stereocenters. The molecule has 132 valence electrons. The lowest BCUT2D eigenvalue weighted by Gasteiger charge is -2.22. The summed E-state index contributed by atoms with van der Waals surface area (Å²) < 4.78 is 1.91. The first-order valence-corrected chi connectivity index (χ1v) is 8.27. The summed E-state index contributed by atoms with van der Waals surface area (Å²) in [5, 5.41) is 17.6. The first-order chi connectivity index (χ1) is 11.2. The van der Waals surface area contributed by atoms with Gasteiger partial charge in [0, 0.05) is 25.0 Å². The molecule has 0 aliphatic carbocycles. The highest BCUT2D eigenvalue weighted by Crippen LogP contribution is 2.15. The van der Waals surface area contributed by atoms with E-state index in [-0.39, 0.29) is 18.3 Å². The van der Waals surface area contributed by atoms with Gasteiger partial charge in [-0.2, -0.15) is 10.2 Å². The molecule has 8 heteroatoms. The number of rotatable bonds is 6. The number of hydrogen-bond acceptors (Lipinski definition) is 4. The Morgan fingerprint density at radius 2 is 2.38 bits per heavy atom. The van der Waals surface area contributed by atoms with Gasteiger partial charge in [-0.15, -0.1) is 12.4 Å². The smallest absolute Gasteiger partial charge is 0.271 e. The Morgan fingerprint density at radius 1 is 1.50 bits per heavy atom. The number of H-pyrrole nitrogens is 1. The van der Waals surface area contributed by atoms with E-state index >= 15 is 0 Å². The zero-order chi connectivity index (χ0) is 16.1. The number of hydrogen-bond donors (Lipinski definition) is 3. The zero-order valence-corrected chi connectivity index (χ0v) is 14.7. The van der Waals surface area contributed by atoms with Crippen molar-refractivity contribution in [2.24, 2.45) is 0 Å². The van der Waals surface area contributed by atoms with Crippen LogP contribution < -0.4 is 10.6 Å². The number of halogens is 1. The second-order valence-electron chi connectivity index (χ2n) is 6.06. The summed E-state index contributed by atoms with van der Waals surface area (Å²) in [6, 6.07) is 2.15. The lowest BCUT2D eigenvalue weighted by atomic mass is 10.1. The van der Waals surface area contributed by atoms with Gasteiger partial charge in [0.05, 0.1) is 12.2 Å². The maximum absolute atomic E-state index is 12.1. The molecular weight excluding hydrogens is 328 g/mol. The Morgan fingerprint density at radius 3 is 3.08 bits per heavy atom. The molecule has 0 aromatic carbocycles. The number of piperidine rings is 1. The summed E-state index contributed by atoms with van der Waals surface area (Å²) in [7, 11) is 0. The van der Waals surface area contributed by atoms with Gasteiger partial charge in [-0.3, -0.25) is 14.6 Å². The number of aromatic amines is 1. The van der Waals surface area contributed by atoms with Crippen molar-refractivity contribution in [1.29, 1.82) is 0 Å². The molecular formula is C16H25ClN6O. The monoisotopic (exact) mass is 352 g/mol. The molecule has 0 spiro atoms. The van der Waals surface area contributed by atoms with Crippen LogP contribution in [0.4, 0.5) is 0 Å². The van der Waals surface area contributed by atoms with Crippen LogP contribution in [0, 0.1) is 6.92 Å². The minimum absolute atomic E-state index is 0. The molecule has 2 aromatic rings. The quantitative estimate of drug-likeness (QED) is 0.689. The fourth-order valence-corrected chi connectivity index (χ4v) is 2.92. The number of amides is 1. The fourth-order valence-electron chi connectivity index (χ4n) is 2.92. The average Bonchev–Trinajstić information content (AvgIpc) is 3.22. The Kier molecular flexibility index (Phi) is 6.81. The van der Waals surface area contributed by atoms with Crippen molar-refractivity contribution in [3.8, 4) is 0 Å². The Bertz CT molecular complexity index is 647. The van der Waals surface area contributed by atoms with E-state index in [0.717, 1.165) is 44.5 Å². The molecule has 0 bridgehead atoms. The van der Waals surface area contributed by atoms with Crippen LogP contribution in [0.1, 0.15) is 47.1 Å². The van der Waals surface area contributed by atoms with Gasteiger partial charge in [0.2, 0.25) is 0 Å². The van der Waals surface area contributed by atoms with Crippen LogP contribution in [0.25, 0.3) is 0 Å². The van der Waals surface area contributed by atoms with Crippen molar-refractivity contribution in [3.05, 3.63) is 35.4 Å². The van der Waals surface area contributed by atoms with Crippen LogP contribution in [0.2, 0.25) is 0 Å². The number of nitrogens with one attached hydrogen (secondary N) is 3. The normalized spacial score (nSPS) is 17.3. The standard InChI is InChI=1S/C16H24N6O.ClH/c1-12-13(10-19-20-12)4-2-8-18-16(23)15-6-9-22(21-15)14-5-3-7-17-11-14;/h6,9-10,14,17H,2-5,7-8,11H2,1H3,(H,18,23)(H,19,20);1H. The Balaban J connectivity index is 0.00000208. The molecule has 3 heterocycles. The number of aryl methyl sites for hydroxylation is 2. The number of aromatic nitrogens is 4. The molecule has 0 saturated carbocycles. The first kappa shape index (κ1) is 18.5. The maximum atomic E-state index is 12.1. The number of carbonyl (C=O) groups is 1. The third-order valence-electron chi connectivity index (χ3n) is 4.33. The minimum Gasteiger partial charge on any atom is -0.351 e. The van der Waals surface area contributed by atoms with Crippen molar-refractivity contribution in [3.63, 3.8) is 0 Å². The third-order valence-corrected chi connectivity index (χ3v) is 4.33. The van der Waals surface area contributed by atoms with Crippen molar-refractivity contribution in [1.82, 2.24) is 30.6 Å². The average molecular weight is 353 g/mol. The molecule has 2 aromatic heterocycles. The predicted molar refractivity (Wildman–Crippen MR) is 94.6 cm³/mol. The van der Waals surface area contributed by atoms with Crippen LogP contribution >= 0.6 is 12.4 Å². The highest BCUT2D eigenvalue weighted by Gasteiger charge is 2.17. The summed E-state index contributed by atoms with van der Waals surface area (Å²) in [6.45, 7) is 4.64. The molecule has 1 fully saturated rings. The van der Waals surface area contributed by atoms with E-state index in [1.54, 1.807) is 6.07 Å². The largest absolute Gasteiger partial charge is 0.351 e. The van der Waals surface area contributed by atoms with Crippen molar-refractivity contribution in [2.45, 2.75) is 38.6 Å². The summed E-state index contributed by atoms with van der Waals surface area (Å²) in [5.74, 6) is -0.101. The summed E-state index contributed by atoms with van der Waals surface area (Å²) >= 11 is 0. The second kappa shape index (κ2) is 8.84. The van der Waals surface area contributed by atoms with Gasteiger partial charge in [0.15, 0.2) is 0 Å². The minimum atomic E-state index is -0.101. The molecule has 7 nitrogen and oxygen atoms in total. The molecule has 1 saturated heterocycles. The van der Waals surface area contributed by atoms with E-state index in [1.165, 1.54) is 5.56 Å². The number of nitrogens with zero attached hydrogens (tertiary/aromatic N) is 3. The van der Waals surface area contributed by atoms with E-state index in [1.807, 2.05) is 24.0 Å². The van der Waals surface area contributed by atoms with Crippen LogP contribution in [0.3, 0.4) is 0 Å². The predicted octanol–water partition coefficient (Wildman–Crippen LogP) is 1.62. The molecule has 1 aliphatic heterocycles. The molecule has 1 aliphatic rings. The van der Waals surface area contributed by atoms with Crippen LogP contribution in [0.15, 0.2) is 18.5 Å². The van der Waals surface area contributed by atoms with Crippen LogP contribution in [-0.2, 0) is 6.42 Å². The van der Waals surface area contributed by atoms with Crippen molar-refractivity contribution >= 4 is 18.3 Å². The summed E-state index contributed by atoms with van der Waals surface area (Å²) in [6.07, 6.45) is 7.81. The third kappa shape index (κ3) is 4.58. The van der Waals surface area contributed by atoms with Gasteiger partial charge in [-0.1, -0.05) is 0 Å². The lowest BCUT2D eigenvalue weighted by Crippen LogP contribution is -2.32. The Hall–Kier alpha value is -1.86. The van der Waals surface area contributed by atoms with Gasteiger partial charge in [0.25, 0.3) is 5.91 Å². The molecule has 3 rings (SSSR count). The fraction of sp³-hybridized carbons (Fsp3) is 0.562. The lowest BCUT2D eigenvalue weighted by molar-refractivity contribution is 0.0947. The van der Waals surface area contributed by atoms with Crippen LogP contribution in [0.5, 0.6) is 0 Å². The maximum Gasteiger partial charge on any atom is 0.271 e. The topological polar surface area (TPSA) is 87.6 Å². The molecule has 3 N–H and O–H groups in total. The second-order valence-corrected chi connectivity index (χ2v) is 6.06. The zero-order valence-electron chi connectivity index (χ0n) is 13.9. The van der Waals surface area contributed by atoms with E-state index in [4.69, 9.17) is 0 Å². The van der Waals surface area contributed by atoms with Gasteiger partial charge in [-0.05, 0) is 50.8 Å². The van der Waals surface area contributed by atoms with Crippen LogP contribution in [-0.4, -0.2) is 45.5 Å². The van der Waals surface area contributed by atoms with E-state index in [9.17, 15) is 4.79 Å².